The molecule has 1 amide bonds. The lowest BCUT2D eigenvalue weighted by atomic mass is 10.0. The van der Waals surface area contributed by atoms with Crippen molar-refractivity contribution < 1.29 is 27.8 Å². The number of hydrogen-bond acceptors (Lipinski definition) is 7. The number of nitrogen functional groups attached to an aromatic ring is 1. The number of aliphatic hydroxyl groups is 1. The van der Waals surface area contributed by atoms with Gasteiger partial charge < -0.3 is 25.8 Å². The van der Waals surface area contributed by atoms with Crippen LogP contribution in [0.5, 0.6) is 5.75 Å². The lowest BCUT2D eigenvalue weighted by Gasteiger charge is -2.35. The molecular formula is C22H22F3N5O3. The molecule has 0 unspecified atom stereocenters. The SMILES string of the molecule is Cc1nc(N[C@H](C)c2cc(N)cc(C(F)(F)F)c2)c2cc3c(cc2n1)O[C@@](C)(O)C(=O)N3C. The van der Waals surface area contributed by atoms with Gasteiger partial charge in [0.05, 0.1) is 22.8 Å². The van der Waals surface area contributed by atoms with Crippen molar-refractivity contribution in [2.75, 3.05) is 23.0 Å². The van der Waals surface area contributed by atoms with Crippen LogP contribution in [0.4, 0.5) is 30.4 Å². The zero-order valence-electron chi connectivity index (χ0n) is 18.3. The Morgan fingerprint density at radius 3 is 2.58 bits per heavy atom. The van der Waals surface area contributed by atoms with E-state index in [-0.39, 0.29) is 11.4 Å². The minimum atomic E-state index is -4.53. The standard InChI is InChI=1S/C22H22F3N5O3/c1-10(12-5-13(22(23,24)25)7-14(26)6-12)27-19-15-8-17-18(9-16(15)28-11(2)29-19)33-21(3,32)20(31)30(17)4/h5-10,32H,26H2,1-4H3,(H,27,28,29)/t10-,21-/m1/s1. The number of nitrogens with zero attached hydrogens (tertiary/aromatic N) is 3. The van der Waals surface area contributed by atoms with Crippen LogP contribution in [0.1, 0.15) is 36.8 Å². The molecule has 0 aliphatic carbocycles. The van der Waals surface area contributed by atoms with Gasteiger partial charge in [-0.15, -0.1) is 0 Å². The lowest BCUT2D eigenvalue weighted by molar-refractivity contribution is -0.168. The number of carbonyl (C=O) groups is 1. The number of amides is 1. The van der Waals surface area contributed by atoms with Gasteiger partial charge >= 0.3 is 6.18 Å². The molecule has 2 aromatic carbocycles. The normalized spacial score (nSPS) is 19.3. The Morgan fingerprint density at radius 1 is 1.21 bits per heavy atom. The van der Waals surface area contributed by atoms with Crippen molar-refractivity contribution in [2.45, 2.75) is 38.8 Å². The van der Waals surface area contributed by atoms with E-state index in [0.29, 0.717) is 33.8 Å². The first-order valence-corrected chi connectivity index (χ1v) is 10.0. The number of alkyl halides is 3. The van der Waals surface area contributed by atoms with Crippen LogP contribution in [0.25, 0.3) is 10.9 Å². The molecule has 2 heterocycles. The number of aromatic nitrogens is 2. The summed E-state index contributed by atoms with van der Waals surface area (Å²) in [6.45, 7) is 4.61. The van der Waals surface area contributed by atoms with Crippen molar-refractivity contribution in [3.8, 4) is 5.75 Å². The van der Waals surface area contributed by atoms with Gasteiger partial charge in [-0.25, -0.2) is 9.97 Å². The number of nitrogens with two attached hydrogens (primary N) is 1. The van der Waals surface area contributed by atoms with Crippen molar-refractivity contribution in [3.05, 3.63) is 47.3 Å². The highest BCUT2D eigenvalue weighted by Crippen LogP contribution is 2.41. The number of likely N-dealkylation sites (N-methyl/N-ethyl adjacent to an activating group) is 1. The minimum Gasteiger partial charge on any atom is -0.451 e. The number of rotatable bonds is 3. The Hall–Kier alpha value is -3.60. The van der Waals surface area contributed by atoms with Crippen molar-refractivity contribution in [1.82, 2.24) is 9.97 Å². The molecule has 0 saturated heterocycles. The number of anilines is 3. The highest BCUT2D eigenvalue weighted by Gasteiger charge is 2.42. The van der Waals surface area contributed by atoms with E-state index in [1.165, 1.54) is 24.9 Å². The van der Waals surface area contributed by atoms with E-state index in [1.54, 1.807) is 26.0 Å². The molecule has 33 heavy (non-hydrogen) atoms. The summed E-state index contributed by atoms with van der Waals surface area (Å²) in [6, 6.07) is 6.01. The summed E-state index contributed by atoms with van der Waals surface area (Å²) in [5.74, 6) is -1.63. The van der Waals surface area contributed by atoms with E-state index in [0.717, 1.165) is 12.1 Å². The van der Waals surface area contributed by atoms with Gasteiger partial charge in [0.25, 0.3) is 11.7 Å². The Kier molecular flexibility index (Phi) is 5.12. The summed E-state index contributed by atoms with van der Waals surface area (Å²) < 4.78 is 45.1. The fourth-order valence-electron chi connectivity index (χ4n) is 3.77. The van der Waals surface area contributed by atoms with E-state index in [4.69, 9.17) is 10.5 Å². The summed E-state index contributed by atoms with van der Waals surface area (Å²) in [6.07, 6.45) is -4.53. The summed E-state index contributed by atoms with van der Waals surface area (Å²) in [4.78, 5) is 22.5. The molecule has 0 bridgehead atoms. The Balaban J connectivity index is 1.78. The zero-order chi connectivity index (χ0) is 24.3. The molecule has 11 heteroatoms. The topological polar surface area (TPSA) is 114 Å². The summed E-state index contributed by atoms with van der Waals surface area (Å²) >= 11 is 0. The van der Waals surface area contributed by atoms with E-state index in [9.17, 15) is 23.1 Å². The molecular weight excluding hydrogens is 439 g/mol. The second-order valence-corrected chi connectivity index (χ2v) is 8.16. The van der Waals surface area contributed by atoms with Crippen molar-refractivity contribution >= 4 is 34.0 Å². The van der Waals surface area contributed by atoms with Gasteiger partial charge in [0.1, 0.15) is 17.4 Å². The maximum atomic E-state index is 13.2. The zero-order valence-corrected chi connectivity index (χ0v) is 18.3. The molecule has 4 rings (SSSR count). The van der Waals surface area contributed by atoms with Crippen LogP contribution >= 0.6 is 0 Å². The van der Waals surface area contributed by atoms with Crippen molar-refractivity contribution in [2.24, 2.45) is 0 Å². The molecule has 0 saturated carbocycles. The van der Waals surface area contributed by atoms with Gasteiger partial charge in [-0.05, 0) is 43.7 Å². The average Bonchev–Trinajstić information content (AvgIpc) is 2.69. The second kappa shape index (κ2) is 7.48. The molecule has 4 N–H and O–H groups in total. The number of carbonyl (C=O) groups excluding carboxylic acids is 1. The Morgan fingerprint density at radius 2 is 1.91 bits per heavy atom. The second-order valence-electron chi connectivity index (χ2n) is 8.16. The lowest BCUT2D eigenvalue weighted by Crippen LogP contribution is -2.52. The first-order valence-electron chi connectivity index (χ1n) is 10.0. The molecule has 1 aliphatic heterocycles. The van der Waals surface area contributed by atoms with Crippen LogP contribution in [0.15, 0.2) is 30.3 Å². The number of fused-ring (bicyclic) bond motifs is 2. The Labute approximate surface area is 187 Å². The maximum Gasteiger partial charge on any atom is 0.416 e. The predicted octanol–water partition coefficient (Wildman–Crippen LogP) is 3.78. The summed E-state index contributed by atoms with van der Waals surface area (Å²) in [7, 11) is 1.50. The first kappa shape index (κ1) is 22.6. The third kappa shape index (κ3) is 4.11. The largest absolute Gasteiger partial charge is 0.451 e. The molecule has 1 aliphatic rings. The van der Waals surface area contributed by atoms with Gasteiger partial charge in [0.15, 0.2) is 0 Å². The molecule has 174 valence electrons. The molecule has 0 fully saturated rings. The summed E-state index contributed by atoms with van der Waals surface area (Å²) in [5.41, 5.74) is 6.05. The quantitative estimate of drug-likeness (QED) is 0.509. The fraction of sp³-hybridized carbons (Fsp3) is 0.318. The molecule has 1 aromatic heterocycles. The number of aryl methyl sites for hydroxylation is 1. The maximum absolute atomic E-state index is 13.2. The van der Waals surface area contributed by atoms with Crippen LogP contribution in [0, 0.1) is 6.92 Å². The highest BCUT2D eigenvalue weighted by atomic mass is 19.4. The van der Waals surface area contributed by atoms with Crippen LogP contribution in [0.3, 0.4) is 0 Å². The smallest absolute Gasteiger partial charge is 0.416 e. The first-order chi connectivity index (χ1) is 15.3. The molecule has 8 nitrogen and oxygen atoms in total. The Bertz CT molecular complexity index is 1280. The van der Waals surface area contributed by atoms with E-state index >= 15 is 0 Å². The van der Waals surface area contributed by atoms with Gasteiger partial charge in [-0.1, -0.05) is 0 Å². The monoisotopic (exact) mass is 461 g/mol. The summed E-state index contributed by atoms with van der Waals surface area (Å²) in [5, 5.41) is 13.9. The van der Waals surface area contributed by atoms with Crippen molar-refractivity contribution in [3.63, 3.8) is 0 Å². The number of benzene rings is 2. The molecule has 3 aromatic rings. The van der Waals surface area contributed by atoms with Gasteiger partial charge in [0, 0.05) is 31.1 Å². The number of hydrogen-bond donors (Lipinski definition) is 3. The number of nitrogens with one attached hydrogen (secondary N) is 1. The van der Waals surface area contributed by atoms with Gasteiger partial charge in [-0.2, -0.15) is 13.2 Å². The minimum absolute atomic E-state index is 0.00407. The predicted molar refractivity (Wildman–Crippen MR) is 117 cm³/mol. The van der Waals surface area contributed by atoms with Crippen molar-refractivity contribution in [1.29, 1.82) is 0 Å². The van der Waals surface area contributed by atoms with Crippen LogP contribution in [-0.2, 0) is 11.0 Å². The third-order valence-corrected chi connectivity index (χ3v) is 5.42. The average molecular weight is 461 g/mol. The molecule has 2 atom stereocenters. The van der Waals surface area contributed by atoms with Crippen LogP contribution in [0.2, 0.25) is 0 Å². The fourth-order valence-corrected chi connectivity index (χ4v) is 3.77. The number of halogens is 3. The van der Waals surface area contributed by atoms with Crippen LogP contribution in [-0.4, -0.2) is 33.8 Å². The van der Waals surface area contributed by atoms with E-state index in [2.05, 4.69) is 15.3 Å². The van der Waals surface area contributed by atoms with E-state index < -0.39 is 29.5 Å². The molecule has 0 spiro atoms. The van der Waals surface area contributed by atoms with E-state index in [1.807, 2.05) is 0 Å². The van der Waals surface area contributed by atoms with Gasteiger partial charge in [0.2, 0.25) is 0 Å². The number of ether oxygens (including phenoxy) is 1. The van der Waals surface area contributed by atoms with Crippen LogP contribution < -0.4 is 20.7 Å². The van der Waals surface area contributed by atoms with Gasteiger partial charge in [-0.3, -0.25) is 4.79 Å². The highest BCUT2D eigenvalue weighted by molar-refractivity contribution is 6.04. The third-order valence-electron chi connectivity index (χ3n) is 5.42. The molecule has 0 radical (unpaired) electrons.